The van der Waals surface area contributed by atoms with E-state index in [9.17, 15) is 9.59 Å². The number of aromatic amines is 2. The van der Waals surface area contributed by atoms with Crippen LogP contribution < -0.4 is 0 Å². The fraction of sp³-hybridized carbons (Fsp3) is 0.333. The average Bonchev–Trinajstić information content (AvgIpc) is 3.46. The van der Waals surface area contributed by atoms with Crippen LogP contribution in [0.5, 0.6) is 0 Å². The highest BCUT2D eigenvalue weighted by Gasteiger charge is 2.31. The van der Waals surface area contributed by atoms with Crippen molar-refractivity contribution in [3.8, 4) is 11.3 Å². The monoisotopic (exact) mass is 392 g/mol. The largest absolute Gasteiger partial charge is 0.348 e. The van der Waals surface area contributed by atoms with Gasteiger partial charge in [0.15, 0.2) is 0 Å². The van der Waals surface area contributed by atoms with Crippen LogP contribution in [0.15, 0.2) is 48.8 Å². The van der Waals surface area contributed by atoms with Crippen molar-refractivity contribution in [2.75, 3.05) is 20.1 Å². The molecule has 0 radical (unpaired) electrons. The maximum Gasteiger partial charge on any atom is 0.312 e. The van der Waals surface area contributed by atoms with Gasteiger partial charge in [0.05, 0.1) is 17.9 Å². The summed E-state index contributed by atoms with van der Waals surface area (Å²) in [5.74, 6) is 0.0311. The lowest BCUT2D eigenvalue weighted by molar-refractivity contribution is -0.152. The number of amides is 2. The number of benzene rings is 1. The quantitative estimate of drug-likeness (QED) is 0.665. The van der Waals surface area contributed by atoms with Gasteiger partial charge in [0.1, 0.15) is 5.82 Å². The molecule has 1 unspecified atom stereocenters. The molecule has 150 valence electrons. The van der Waals surface area contributed by atoms with Gasteiger partial charge in [-0.3, -0.25) is 14.7 Å². The smallest absolute Gasteiger partial charge is 0.312 e. The fourth-order valence-electron chi connectivity index (χ4n) is 3.71. The Kier molecular flexibility index (Phi) is 5.41. The molecule has 1 aliphatic heterocycles. The van der Waals surface area contributed by atoms with Crippen LogP contribution in [0.3, 0.4) is 0 Å². The zero-order chi connectivity index (χ0) is 20.2. The Labute approximate surface area is 168 Å². The molecule has 8 heteroatoms. The van der Waals surface area contributed by atoms with Gasteiger partial charge in [-0.05, 0) is 18.9 Å². The van der Waals surface area contributed by atoms with E-state index in [2.05, 4.69) is 20.2 Å². The van der Waals surface area contributed by atoms with Crippen LogP contribution in [0, 0.1) is 0 Å². The number of nitrogens with one attached hydrogen (secondary N) is 2. The van der Waals surface area contributed by atoms with E-state index in [0.29, 0.717) is 19.6 Å². The third-order valence-electron chi connectivity index (χ3n) is 5.25. The molecular formula is C21H24N6O2. The lowest BCUT2D eigenvalue weighted by atomic mass is 9.97. The molecule has 0 bridgehead atoms. The number of carbonyl (C=O) groups is 2. The minimum atomic E-state index is -0.513. The molecule has 0 saturated carbocycles. The first-order valence-corrected chi connectivity index (χ1v) is 9.75. The van der Waals surface area contributed by atoms with E-state index < -0.39 is 11.8 Å². The number of piperidine rings is 1. The molecule has 1 aliphatic rings. The Morgan fingerprint density at radius 3 is 2.86 bits per heavy atom. The van der Waals surface area contributed by atoms with Crippen molar-refractivity contribution < 1.29 is 9.59 Å². The topological polar surface area (TPSA) is 98.0 Å². The van der Waals surface area contributed by atoms with Crippen LogP contribution in [-0.4, -0.2) is 61.9 Å². The predicted octanol–water partition coefficient (Wildman–Crippen LogP) is 2.16. The third-order valence-corrected chi connectivity index (χ3v) is 5.25. The second-order valence-corrected chi connectivity index (χ2v) is 7.37. The Bertz CT molecular complexity index is 966. The maximum atomic E-state index is 12.7. The van der Waals surface area contributed by atoms with Crippen LogP contribution in [0.4, 0.5) is 0 Å². The van der Waals surface area contributed by atoms with Crippen LogP contribution in [-0.2, 0) is 16.1 Å². The summed E-state index contributed by atoms with van der Waals surface area (Å²) in [5, 5.41) is 7.26. The molecule has 3 heterocycles. The Morgan fingerprint density at radius 1 is 1.28 bits per heavy atom. The van der Waals surface area contributed by atoms with Crippen LogP contribution >= 0.6 is 0 Å². The highest BCUT2D eigenvalue weighted by atomic mass is 16.2. The number of nitrogens with zero attached hydrogens (tertiary/aromatic N) is 4. The first-order valence-electron chi connectivity index (χ1n) is 9.75. The van der Waals surface area contributed by atoms with E-state index in [1.807, 2.05) is 36.4 Å². The summed E-state index contributed by atoms with van der Waals surface area (Å²) in [6, 6.07) is 11.7. The number of hydrogen-bond donors (Lipinski definition) is 2. The van der Waals surface area contributed by atoms with E-state index in [4.69, 9.17) is 0 Å². The van der Waals surface area contributed by atoms with Crippen molar-refractivity contribution in [3.63, 3.8) is 0 Å². The highest BCUT2D eigenvalue weighted by molar-refractivity contribution is 6.34. The van der Waals surface area contributed by atoms with E-state index in [0.717, 1.165) is 35.6 Å². The summed E-state index contributed by atoms with van der Waals surface area (Å²) in [7, 11) is 1.64. The number of carbonyl (C=O) groups excluding carboxylic acids is 2. The summed E-state index contributed by atoms with van der Waals surface area (Å²) in [4.78, 5) is 35.9. The molecule has 8 nitrogen and oxygen atoms in total. The molecule has 1 aromatic carbocycles. The first-order chi connectivity index (χ1) is 14.1. The molecule has 2 N–H and O–H groups in total. The maximum absolute atomic E-state index is 12.7. The highest BCUT2D eigenvalue weighted by Crippen LogP contribution is 2.24. The number of imidazole rings is 1. The van der Waals surface area contributed by atoms with Gasteiger partial charge >= 0.3 is 11.8 Å². The van der Waals surface area contributed by atoms with E-state index in [1.54, 1.807) is 24.3 Å². The standard InChI is InChI=1S/C21H24N6O2/c1-26(14-17-12-18(25-24-17)15-6-3-2-4-7-15)20(28)21(29)27-11-5-8-16(13-27)19-22-9-10-23-19/h2-4,6-7,9-10,12,16H,5,8,11,13-14H2,1H3,(H,22,23)(H,24,25). The second kappa shape index (κ2) is 8.30. The summed E-state index contributed by atoms with van der Waals surface area (Å²) >= 11 is 0. The number of H-pyrrole nitrogens is 2. The van der Waals surface area contributed by atoms with Crippen molar-refractivity contribution in [1.82, 2.24) is 30.0 Å². The number of likely N-dealkylation sites (N-methyl/N-ethyl adjacent to an activating group) is 1. The van der Waals surface area contributed by atoms with Gasteiger partial charge in [-0.2, -0.15) is 5.10 Å². The zero-order valence-corrected chi connectivity index (χ0v) is 16.3. The number of likely N-dealkylation sites (tertiary alicyclic amines) is 1. The van der Waals surface area contributed by atoms with E-state index in [-0.39, 0.29) is 5.92 Å². The van der Waals surface area contributed by atoms with Crippen LogP contribution in [0.2, 0.25) is 0 Å². The number of rotatable bonds is 4. The molecule has 1 fully saturated rings. The summed E-state index contributed by atoms with van der Waals surface area (Å²) in [6.07, 6.45) is 5.30. The summed E-state index contributed by atoms with van der Waals surface area (Å²) < 4.78 is 0. The normalized spacial score (nSPS) is 16.6. The minimum absolute atomic E-state index is 0.141. The number of hydrogen-bond acceptors (Lipinski definition) is 4. The molecule has 2 aromatic heterocycles. The molecular weight excluding hydrogens is 368 g/mol. The van der Waals surface area contributed by atoms with Gasteiger partial charge in [-0.15, -0.1) is 0 Å². The van der Waals surface area contributed by atoms with Crippen molar-refractivity contribution in [2.45, 2.75) is 25.3 Å². The molecule has 4 rings (SSSR count). The minimum Gasteiger partial charge on any atom is -0.348 e. The average molecular weight is 392 g/mol. The van der Waals surface area contributed by atoms with Crippen LogP contribution in [0.1, 0.15) is 30.3 Å². The molecule has 2 amide bonds. The zero-order valence-electron chi connectivity index (χ0n) is 16.3. The van der Waals surface area contributed by atoms with Gasteiger partial charge in [0.25, 0.3) is 0 Å². The summed E-state index contributed by atoms with van der Waals surface area (Å²) in [5.41, 5.74) is 2.59. The molecule has 0 spiro atoms. The van der Waals surface area contributed by atoms with Gasteiger partial charge in [0, 0.05) is 44.0 Å². The fourth-order valence-corrected chi connectivity index (χ4v) is 3.71. The molecule has 0 aliphatic carbocycles. The van der Waals surface area contributed by atoms with Crippen molar-refractivity contribution in [3.05, 3.63) is 60.3 Å². The van der Waals surface area contributed by atoms with Gasteiger partial charge < -0.3 is 14.8 Å². The SMILES string of the molecule is CN(Cc1cc(-c2ccccc2)n[nH]1)C(=O)C(=O)N1CCCC(c2ncc[nH]2)C1. The Morgan fingerprint density at radius 2 is 2.10 bits per heavy atom. The third kappa shape index (κ3) is 4.21. The lowest BCUT2D eigenvalue weighted by Gasteiger charge is -2.32. The predicted molar refractivity (Wildman–Crippen MR) is 108 cm³/mol. The Balaban J connectivity index is 1.37. The van der Waals surface area contributed by atoms with Gasteiger partial charge in [-0.1, -0.05) is 30.3 Å². The van der Waals surface area contributed by atoms with Gasteiger partial charge in [0.2, 0.25) is 0 Å². The van der Waals surface area contributed by atoms with Crippen LogP contribution in [0.25, 0.3) is 11.3 Å². The van der Waals surface area contributed by atoms with Crippen molar-refractivity contribution in [1.29, 1.82) is 0 Å². The molecule has 29 heavy (non-hydrogen) atoms. The van der Waals surface area contributed by atoms with Gasteiger partial charge in [-0.25, -0.2) is 4.98 Å². The summed E-state index contributed by atoms with van der Waals surface area (Å²) in [6.45, 7) is 1.39. The second-order valence-electron chi connectivity index (χ2n) is 7.37. The molecule has 1 saturated heterocycles. The molecule has 3 aromatic rings. The first kappa shape index (κ1) is 18.9. The van der Waals surface area contributed by atoms with Crippen molar-refractivity contribution in [2.24, 2.45) is 0 Å². The molecule has 1 atom stereocenters. The lowest BCUT2D eigenvalue weighted by Crippen LogP contribution is -2.47. The number of aromatic nitrogens is 4. The Hall–Kier alpha value is -3.42. The van der Waals surface area contributed by atoms with E-state index >= 15 is 0 Å². The van der Waals surface area contributed by atoms with E-state index in [1.165, 1.54) is 4.90 Å². The van der Waals surface area contributed by atoms with Crippen molar-refractivity contribution >= 4 is 11.8 Å².